The average Bonchev–Trinajstić information content (AvgIpc) is 2.49. The summed E-state index contributed by atoms with van der Waals surface area (Å²) in [7, 11) is 0. The van der Waals surface area contributed by atoms with Crippen molar-refractivity contribution in [1.29, 1.82) is 0 Å². The zero-order valence-corrected chi connectivity index (χ0v) is 11.3. The van der Waals surface area contributed by atoms with Crippen LogP contribution in [-0.4, -0.2) is 0 Å². The third-order valence-corrected chi connectivity index (χ3v) is 3.36. The maximum absolute atomic E-state index is 3.77. The monoisotopic (exact) mass is 248 g/mol. The normalized spacial score (nSPS) is 10.1. The van der Waals surface area contributed by atoms with Crippen LogP contribution in [0.2, 0.25) is 0 Å². The summed E-state index contributed by atoms with van der Waals surface area (Å²) in [6.45, 7) is 7.54. The van der Waals surface area contributed by atoms with Crippen LogP contribution in [0.25, 0.3) is 12.2 Å². The third kappa shape index (κ3) is 3.96. The van der Waals surface area contributed by atoms with Gasteiger partial charge < -0.3 is 0 Å². The molecule has 0 saturated carbocycles. The Labute approximate surface area is 116 Å². The summed E-state index contributed by atoms with van der Waals surface area (Å²) >= 11 is 0. The van der Waals surface area contributed by atoms with Crippen molar-refractivity contribution >= 4 is 12.2 Å². The lowest BCUT2D eigenvalue weighted by molar-refractivity contribution is 0.820. The van der Waals surface area contributed by atoms with E-state index in [4.69, 9.17) is 0 Å². The Balaban J connectivity index is 1.84. The summed E-state index contributed by atoms with van der Waals surface area (Å²) in [5, 5.41) is 0. The fraction of sp³-hybridized carbons (Fsp3) is 0.158. The minimum atomic E-state index is 1.13. The summed E-state index contributed by atoms with van der Waals surface area (Å²) in [5.74, 6) is 0. The topological polar surface area (TPSA) is 0 Å². The van der Waals surface area contributed by atoms with Gasteiger partial charge in [-0.25, -0.2) is 0 Å². The first-order valence-corrected chi connectivity index (χ1v) is 6.74. The molecule has 0 amide bonds. The van der Waals surface area contributed by atoms with Gasteiger partial charge in [-0.2, -0.15) is 0 Å². The van der Waals surface area contributed by atoms with E-state index in [1.54, 1.807) is 0 Å². The van der Waals surface area contributed by atoms with Crippen LogP contribution in [-0.2, 0) is 12.8 Å². The molecule has 0 spiro atoms. The molecule has 2 aromatic carbocycles. The average molecular weight is 248 g/mol. The lowest BCUT2D eigenvalue weighted by Crippen LogP contribution is -1.90. The van der Waals surface area contributed by atoms with Crippen LogP contribution >= 0.6 is 0 Å². The highest BCUT2D eigenvalue weighted by atomic mass is 14.0. The first-order valence-electron chi connectivity index (χ1n) is 6.74. The van der Waals surface area contributed by atoms with E-state index < -0.39 is 0 Å². The van der Waals surface area contributed by atoms with Gasteiger partial charge >= 0.3 is 0 Å². The second-order valence-corrected chi connectivity index (χ2v) is 4.74. The van der Waals surface area contributed by atoms with Crippen molar-refractivity contribution in [3.63, 3.8) is 0 Å². The molecule has 2 rings (SSSR count). The SMILES string of the molecule is C=Cc1ccc(CCCc2ccc(C=C)cc2)cc1. The molecular weight excluding hydrogens is 228 g/mol. The molecule has 2 aromatic rings. The predicted molar refractivity (Wildman–Crippen MR) is 85.1 cm³/mol. The van der Waals surface area contributed by atoms with Gasteiger partial charge in [-0.3, -0.25) is 0 Å². The molecule has 0 fully saturated rings. The summed E-state index contributed by atoms with van der Waals surface area (Å²) in [6, 6.07) is 17.3. The van der Waals surface area contributed by atoms with Crippen molar-refractivity contribution in [3.05, 3.63) is 83.9 Å². The van der Waals surface area contributed by atoms with Crippen molar-refractivity contribution < 1.29 is 0 Å². The highest BCUT2D eigenvalue weighted by Crippen LogP contribution is 2.11. The maximum Gasteiger partial charge on any atom is -0.0262 e. The number of rotatable bonds is 6. The second-order valence-electron chi connectivity index (χ2n) is 4.74. The van der Waals surface area contributed by atoms with Crippen molar-refractivity contribution in [2.75, 3.05) is 0 Å². The zero-order chi connectivity index (χ0) is 13.5. The smallest absolute Gasteiger partial charge is 0.0262 e. The fourth-order valence-electron chi connectivity index (χ4n) is 2.14. The molecule has 19 heavy (non-hydrogen) atoms. The van der Waals surface area contributed by atoms with Crippen molar-refractivity contribution in [3.8, 4) is 0 Å². The van der Waals surface area contributed by atoms with Crippen LogP contribution in [0.4, 0.5) is 0 Å². The van der Waals surface area contributed by atoms with Crippen molar-refractivity contribution in [2.24, 2.45) is 0 Å². The van der Waals surface area contributed by atoms with Crippen molar-refractivity contribution in [2.45, 2.75) is 19.3 Å². The minimum absolute atomic E-state index is 1.13. The standard InChI is InChI=1S/C19H20/c1-3-16-8-12-18(13-9-16)6-5-7-19-14-10-17(4-2)11-15-19/h3-4,8-15H,1-2,5-7H2. The van der Waals surface area contributed by atoms with Crippen LogP contribution in [0.3, 0.4) is 0 Å². The largest absolute Gasteiger partial charge is 0.0985 e. The summed E-state index contributed by atoms with van der Waals surface area (Å²) in [6.07, 6.45) is 7.19. The van der Waals surface area contributed by atoms with Gasteiger partial charge in [0, 0.05) is 0 Å². The van der Waals surface area contributed by atoms with E-state index in [0.717, 1.165) is 12.8 Å². The Hall–Kier alpha value is -2.08. The number of hydrogen-bond acceptors (Lipinski definition) is 0. The Morgan fingerprint density at radius 3 is 1.32 bits per heavy atom. The lowest BCUT2D eigenvalue weighted by atomic mass is 10.0. The Morgan fingerprint density at radius 1 is 0.632 bits per heavy atom. The molecule has 0 bridgehead atoms. The summed E-state index contributed by atoms with van der Waals surface area (Å²) in [4.78, 5) is 0. The van der Waals surface area contributed by atoms with E-state index in [-0.39, 0.29) is 0 Å². The van der Waals surface area contributed by atoms with Crippen LogP contribution in [0.15, 0.2) is 61.7 Å². The Morgan fingerprint density at radius 2 is 1.00 bits per heavy atom. The molecule has 0 N–H and O–H groups in total. The number of hydrogen-bond donors (Lipinski definition) is 0. The molecule has 0 saturated heterocycles. The highest BCUT2D eigenvalue weighted by molar-refractivity contribution is 5.47. The molecule has 0 heterocycles. The van der Waals surface area contributed by atoms with E-state index in [1.165, 1.54) is 28.7 Å². The van der Waals surface area contributed by atoms with Crippen LogP contribution in [0, 0.1) is 0 Å². The fourth-order valence-corrected chi connectivity index (χ4v) is 2.14. The van der Waals surface area contributed by atoms with Gasteiger partial charge in [-0.05, 0) is 41.5 Å². The summed E-state index contributed by atoms with van der Waals surface area (Å²) in [5.41, 5.74) is 5.16. The number of aryl methyl sites for hydroxylation is 2. The van der Waals surface area contributed by atoms with Gasteiger partial charge in [0.2, 0.25) is 0 Å². The number of benzene rings is 2. The summed E-state index contributed by atoms with van der Waals surface area (Å²) < 4.78 is 0. The van der Waals surface area contributed by atoms with Gasteiger partial charge in [0.1, 0.15) is 0 Å². The van der Waals surface area contributed by atoms with Crippen LogP contribution < -0.4 is 0 Å². The van der Waals surface area contributed by atoms with E-state index in [0.29, 0.717) is 0 Å². The third-order valence-electron chi connectivity index (χ3n) is 3.36. The van der Waals surface area contributed by atoms with Gasteiger partial charge in [-0.1, -0.05) is 73.8 Å². The van der Waals surface area contributed by atoms with Gasteiger partial charge in [-0.15, -0.1) is 0 Å². The molecule has 96 valence electrons. The van der Waals surface area contributed by atoms with Crippen LogP contribution in [0.5, 0.6) is 0 Å². The predicted octanol–water partition coefficient (Wildman–Crippen LogP) is 5.15. The molecule has 0 aliphatic heterocycles. The quantitative estimate of drug-likeness (QED) is 0.663. The molecule has 0 atom stereocenters. The molecular formula is C19H20. The van der Waals surface area contributed by atoms with E-state index >= 15 is 0 Å². The van der Waals surface area contributed by atoms with E-state index in [9.17, 15) is 0 Å². The Bertz CT molecular complexity index is 478. The first kappa shape index (κ1) is 13.4. The van der Waals surface area contributed by atoms with Gasteiger partial charge in [0.15, 0.2) is 0 Å². The molecule has 0 aromatic heterocycles. The molecule has 0 radical (unpaired) electrons. The lowest BCUT2D eigenvalue weighted by Gasteiger charge is -2.04. The van der Waals surface area contributed by atoms with Gasteiger partial charge in [0.25, 0.3) is 0 Å². The first-order chi connectivity index (χ1) is 9.31. The molecule has 0 aliphatic carbocycles. The van der Waals surface area contributed by atoms with Crippen LogP contribution in [0.1, 0.15) is 28.7 Å². The molecule has 0 unspecified atom stereocenters. The molecule has 0 aliphatic rings. The molecule has 0 heteroatoms. The maximum atomic E-state index is 3.77. The highest BCUT2D eigenvalue weighted by Gasteiger charge is 1.96. The van der Waals surface area contributed by atoms with E-state index in [1.807, 2.05) is 12.2 Å². The zero-order valence-electron chi connectivity index (χ0n) is 11.3. The Kier molecular flexibility index (Phi) is 4.74. The minimum Gasteiger partial charge on any atom is -0.0985 e. The van der Waals surface area contributed by atoms with E-state index in [2.05, 4.69) is 61.7 Å². The van der Waals surface area contributed by atoms with Crippen molar-refractivity contribution in [1.82, 2.24) is 0 Å². The van der Waals surface area contributed by atoms with Gasteiger partial charge in [0.05, 0.1) is 0 Å². The molecule has 0 nitrogen and oxygen atoms in total. The second kappa shape index (κ2) is 6.75.